The molecule has 0 saturated heterocycles. The lowest BCUT2D eigenvalue weighted by Gasteiger charge is -2.10. The highest BCUT2D eigenvalue weighted by molar-refractivity contribution is 7.18. The first-order valence-electron chi connectivity index (χ1n) is 7.53. The third-order valence-corrected chi connectivity index (χ3v) is 5.12. The quantitative estimate of drug-likeness (QED) is 0.608. The Kier molecular flexibility index (Phi) is 3.54. The van der Waals surface area contributed by atoms with Crippen molar-refractivity contribution in [2.24, 2.45) is 0 Å². The number of nitrogens with zero attached hydrogens (tertiary/aromatic N) is 1. The summed E-state index contributed by atoms with van der Waals surface area (Å²) in [5.41, 5.74) is 1.28. The van der Waals surface area contributed by atoms with E-state index >= 15 is 0 Å². The number of hydrogen-bond donors (Lipinski definition) is 1. The minimum Gasteiger partial charge on any atom is -0.497 e. The fourth-order valence-corrected chi connectivity index (χ4v) is 3.89. The third kappa shape index (κ3) is 2.38. The van der Waals surface area contributed by atoms with Gasteiger partial charge in [0.05, 0.1) is 22.9 Å². The molecular weight excluding hydrogens is 338 g/mol. The van der Waals surface area contributed by atoms with Crippen LogP contribution >= 0.6 is 11.3 Å². The zero-order valence-corrected chi connectivity index (χ0v) is 14.0. The number of carboxylic acid groups (broad SMARTS) is 1. The van der Waals surface area contributed by atoms with Gasteiger partial charge in [0.1, 0.15) is 5.75 Å². The summed E-state index contributed by atoms with van der Waals surface area (Å²) in [7, 11) is 1.56. The lowest BCUT2D eigenvalue weighted by atomic mass is 10.0. The highest BCUT2D eigenvalue weighted by Crippen LogP contribution is 2.29. The Morgan fingerprint density at radius 2 is 1.92 bits per heavy atom. The third-order valence-electron chi connectivity index (χ3n) is 4.18. The van der Waals surface area contributed by atoms with Crippen molar-refractivity contribution in [3.8, 4) is 16.9 Å². The number of thiophene rings is 1. The van der Waals surface area contributed by atoms with Gasteiger partial charge in [0.15, 0.2) is 0 Å². The van der Waals surface area contributed by atoms with Crippen LogP contribution in [0.1, 0.15) is 10.4 Å². The number of aromatic nitrogens is 1. The van der Waals surface area contributed by atoms with E-state index in [1.54, 1.807) is 37.6 Å². The van der Waals surface area contributed by atoms with Crippen LogP contribution in [0.5, 0.6) is 5.75 Å². The van der Waals surface area contributed by atoms with Crippen molar-refractivity contribution in [3.63, 3.8) is 0 Å². The Labute approximate surface area is 146 Å². The molecule has 1 aromatic carbocycles. The average Bonchev–Trinajstić information content (AvgIpc) is 3.11. The number of aromatic carboxylic acids is 1. The van der Waals surface area contributed by atoms with Gasteiger partial charge >= 0.3 is 5.97 Å². The number of rotatable bonds is 3. The summed E-state index contributed by atoms with van der Waals surface area (Å²) in [6.07, 6.45) is 1.63. The largest absolute Gasteiger partial charge is 0.497 e. The monoisotopic (exact) mass is 351 g/mol. The van der Waals surface area contributed by atoms with E-state index in [9.17, 15) is 14.7 Å². The lowest BCUT2D eigenvalue weighted by Crippen LogP contribution is -2.18. The molecule has 0 saturated carbocycles. The molecule has 0 spiro atoms. The molecule has 0 bridgehead atoms. The number of carbonyl (C=O) groups is 1. The maximum Gasteiger partial charge on any atom is 0.337 e. The number of fused-ring (bicyclic) bond motifs is 3. The van der Waals surface area contributed by atoms with E-state index in [2.05, 4.69) is 0 Å². The molecule has 6 heteroatoms. The smallest absolute Gasteiger partial charge is 0.337 e. The SMILES string of the molecule is COc1ccc(-c2cc(C(=O)O)c3c4sccc4ccn3c2=O)cc1. The molecule has 3 aromatic heterocycles. The second-order valence-corrected chi connectivity index (χ2v) is 6.47. The van der Waals surface area contributed by atoms with Gasteiger partial charge in [-0.15, -0.1) is 11.3 Å². The van der Waals surface area contributed by atoms with Crippen molar-refractivity contribution in [1.29, 1.82) is 0 Å². The van der Waals surface area contributed by atoms with E-state index < -0.39 is 5.97 Å². The number of hydrogen-bond acceptors (Lipinski definition) is 4. The average molecular weight is 351 g/mol. The summed E-state index contributed by atoms with van der Waals surface area (Å²) in [6.45, 7) is 0. The molecule has 0 fully saturated rings. The molecule has 4 aromatic rings. The zero-order chi connectivity index (χ0) is 17.6. The van der Waals surface area contributed by atoms with E-state index in [-0.39, 0.29) is 11.1 Å². The lowest BCUT2D eigenvalue weighted by molar-refractivity contribution is 0.0698. The van der Waals surface area contributed by atoms with E-state index in [0.717, 1.165) is 10.1 Å². The molecule has 0 aliphatic carbocycles. The van der Waals surface area contributed by atoms with Gasteiger partial charge in [0, 0.05) is 11.8 Å². The van der Waals surface area contributed by atoms with Crippen LogP contribution in [0.15, 0.2) is 58.8 Å². The highest BCUT2D eigenvalue weighted by atomic mass is 32.1. The van der Waals surface area contributed by atoms with Gasteiger partial charge in [-0.2, -0.15) is 0 Å². The Balaban J connectivity index is 2.09. The second-order valence-electron chi connectivity index (χ2n) is 5.55. The predicted octanol–water partition coefficient (Wildman–Crippen LogP) is 3.89. The molecule has 1 N–H and O–H groups in total. The minimum absolute atomic E-state index is 0.110. The molecule has 25 heavy (non-hydrogen) atoms. The van der Waals surface area contributed by atoms with Gasteiger partial charge in [0.25, 0.3) is 5.56 Å². The Hall–Kier alpha value is -3.12. The van der Waals surface area contributed by atoms with Crippen LogP contribution in [0, 0.1) is 0 Å². The normalized spacial score (nSPS) is 11.1. The summed E-state index contributed by atoms with van der Waals surface area (Å²) in [5, 5.41) is 12.5. The zero-order valence-electron chi connectivity index (χ0n) is 13.2. The van der Waals surface area contributed by atoms with Gasteiger partial charge < -0.3 is 9.84 Å². The number of ether oxygens (including phenoxy) is 1. The summed E-state index contributed by atoms with van der Waals surface area (Å²) >= 11 is 1.42. The Morgan fingerprint density at radius 1 is 1.16 bits per heavy atom. The molecular formula is C19H13NO4S. The molecule has 0 aliphatic heterocycles. The van der Waals surface area contributed by atoms with Crippen molar-refractivity contribution >= 4 is 32.9 Å². The van der Waals surface area contributed by atoms with Gasteiger partial charge in [-0.25, -0.2) is 4.79 Å². The standard InChI is InChI=1S/C19H13NO4S/c1-24-13-4-2-11(3-5-13)14-10-15(19(22)23)16-17-12(7-9-25-17)6-8-20(16)18(14)21/h2-10H,1H3,(H,22,23). The van der Waals surface area contributed by atoms with Crippen molar-refractivity contribution < 1.29 is 14.6 Å². The number of methoxy groups -OCH3 is 1. The first-order valence-corrected chi connectivity index (χ1v) is 8.41. The molecule has 0 radical (unpaired) electrons. The second kappa shape index (κ2) is 5.75. The van der Waals surface area contributed by atoms with Crippen molar-refractivity contribution in [3.05, 3.63) is 70.0 Å². The molecule has 3 heterocycles. The van der Waals surface area contributed by atoms with E-state index in [0.29, 0.717) is 22.4 Å². The van der Waals surface area contributed by atoms with Crippen molar-refractivity contribution in [2.75, 3.05) is 7.11 Å². The van der Waals surface area contributed by atoms with Crippen LogP contribution in [0.4, 0.5) is 0 Å². The fraction of sp³-hybridized carbons (Fsp3) is 0.0526. The summed E-state index contributed by atoms with van der Waals surface area (Å²) in [4.78, 5) is 24.8. The van der Waals surface area contributed by atoms with E-state index in [1.165, 1.54) is 21.8 Å². The summed E-state index contributed by atoms with van der Waals surface area (Å²) in [5.74, 6) is -0.392. The van der Waals surface area contributed by atoms with Gasteiger partial charge in [-0.05, 0) is 46.7 Å². The topological polar surface area (TPSA) is 68.0 Å². The number of carboxylic acids is 1. The van der Waals surface area contributed by atoms with Crippen molar-refractivity contribution in [1.82, 2.24) is 4.40 Å². The van der Waals surface area contributed by atoms with Gasteiger partial charge in [0.2, 0.25) is 0 Å². The molecule has 124 valence electrons. The number of pyridine rings is 2. The molecule has 0 unspecified atom stereocenters. The van der Waals surface area contributed by atoms with Crippen LogP contribution in [-0.4, -0.2) is 22.6 Å². The molecule has 5 nitrogen and oxygen atoms in total. The van der Waals surface area contributed by atoms with Crippen molar-refractivity contribution in [2.45, 2.75) is 0 Å². The van der Waals surface area contributed by atoms with Crippen LogP contribution in [-0.2, 0) is 0 Å². The van der Waals surface area contributed by atoms with Gasteiger partial charge in [-0.1, -0.05) is 12.1 Å². The maximum absolute atomic E-state index is 13.0. The molecule has 4 rings (SSSR count). The van der Waals surface area contributed by atoms with Crippen LogP contribution in [0.3, 0.4) is 0 Å². The number of benzene rings is 1. The van der Waals surface area contributed by atoms with Crippen LogP contribution in [0.2, 0.25) is 0 Å². The van der Waals surface area contributed by atoms with Crippen LogP contribution < -0.4 is 10.3 Å². The van der Waals surface area contributed by atoms with E-state index in [1.807, 2.05) is 17.5 Å². The first kappa shape index (κ1) is 15.4. The Morgan fingerprint density at radius 3 is 2.60 bits per heavy atom. The molecule has 0 atom stereocenters. The summed E-state index contributed by atoms with van der Waals surface area (Å²) in [6, 6.07) is 12.2. The maximum atomic E-state index is 13.0. The fourth-order valence-electron chi connectivity index (χ4n) is 2.95. The predicted molar refractivity (Wildman–Crippen MR) is 98.0 cm³/mol. The highest BCUT2D eigenvalue weighted by Gasteiger charge is 2.18. The summed E-state index contributed by atoms with van der Waals surface area (Å²) < 4.78 is 7.34. The minimum atomic E-state index is -1.06. The Bertz CT molecular complexity index is 1170. The molecule has 0 amide bonds. The van der Waals surface area contributed by atoms with E-state index in [4.69, 9.17) is 4.74 Å². The van der Waals surface area contributed by atoms with Crippen LogP contribution in [0.25, 0.3) is 26.7 Å². The first-order chi connectivity index (χ1) is 12.1. The van der Waals surface area contributed by atoms with Gasteiger partial charge in [-0.3, -0.25) is 9.20 Å². The molecule has 0 aliphatic rings.